The maximum atomic E-state index is 13.4. The van der Waals surface area contributed by atoms with Crippen LogP contribution in [0.4, 0.5) is 0 Å². The second-order valence-corrected chi connectivity index (χ2v) is 10.1. The summed E-state index contributed by atoms with van der Waals surface area (Å²) in [5, 5.41) is 0. The highest BCUT2D eigenvalue weighted by atomic mass is 32.2. The third-order valence-electron chi connectivity index (χ3n) is 6.04. The first-order valence-electron chi connectivity index (χ1n) is 10.4. The number of carbonyl (C=O) groups excluding carboxylic acids is 1. The molecule has 0 spiro atoms. The van der Waals surface area contributed by atoms with E-state index in [9.17, 15) is 13.2 Å². The van der Waals surface area contributed by atoms with Gasteiger partial charge in [0.15, 0.2) is 0 Å². The first-order chi connectivity index (χ1) is 14.0. The number of nitrogens with zero attached hydrogens (tertiary/aromatic N) is 2. The molecule has 0 bridgehead atoms. The van der Waals surface area contributed by atoms with Gasteiger partial charge in [0, 0.05) is 31.2 Å². The molecule has 2 aromatic carbocycles. The van der Waals surface area contributed by atoms with Crippen LogP contribution in [0.3, 0.4) is 0 Å². The summed E-state index contributed by atoms with van der Waals surface area (Å²) in [6.45, 7) is 3.74. The minimum atomic E-state index is -3.54. The molecule has 1 atom stereocenters. The van der Waals surface area contributed by atoms with Gasteiger partial charge < -0.3 is 4.90 Å². The van der Waals surface area contributed by atoms with E-state index in [1.807, 2.05) is 35.2 Å². The van der Waals surface area contributed by atoms with Crippen LogP contribution in [0.15, 0.2) is 59.5 Å². The molecule has 0 aromatic heterocycles. The summed E-state index contributed by atoms with van der Waals surface area (Å²) in [6.07, 6.45) is 4.06. The van der Waals surface area contributed by atoms with Crippen molar-refractivity contribution >= 4 is 15.9 Å². The van der Waals surface area contributed by atoms with Crippen LogP contribution in [0.25, 0.3) is 0 Å². The van der Waals surface area contributed by atoms with Crippen LogP contribution in [-0.4, -0.2) is 42.7 Å². The van der Waals surface area contributed by atoms with E-state index < -0.39 is 10.0 Å². The molecule has 1 aliphatic heterocycles. The molecule has 6 heteroatoms. The van der Waals surface area contributed by atoms with Gasteiger partial charge in [0.1, 0.15) is 0 Å². The van der Waals surface area contributed by atoms with Crippen LogP contribution < -0.4 is 0 Å². The quantitative estimate of drug-likeness (QED) is 0.693. The summed E-state index contributed by atoms with van der Waals surface area (Å²) in [5.74, 6) is 0.422. The number of benzene rings is 2. The van der Waals surface area contributed by atoms with E-state index in [-0.39, 0.29) is 16.8 Å². The van der Waals surface area contributed by atoms with E-state index in [2.05, 4.69) is 6.92 Å². The van der Waals surface area contributed by atoms with E-state index in [4.69, 9.17) is 0 Å². The fraction of sp³-hybridized carbons (Fsp3) is 0.435. The van der Waals surface area contributed by atoms with E-state index in [0.717, 1.165) is 31.2 Å². The number of rotatable bonds is 7. The summed E-state index contributed by atoms with van der Waals surface area (Å²) in [6, 6.07) is 16.6. The fourth-order valence-electron chi connectivity index (χ4n) is 4.05. The zero-order valence-electron chi connectivity index (χ0n) is 16.8. The summed E-state index contributed by atoms with van der Waals surface area (Å²) in [7, 11) is -3.54. The van der Waals surface area contributed by atoms with Crippen LogP contribution >= 0.6 is 0 Å². The molecule has 1 amide bonds. The van der Waals surface area contributed by atoms with Gasteiger partial charge in [0.05, 0.1) is 4.90 Å². The molecule has 1 saturated heterocycles. The molecule has 2 aliphatic rings. The van der Waals surface area contributed by atoms with E-state index in [1.165, 1.54) is 4.31 Å². The van der Waals surface area contributed by atoms with Crippen molar-refractivity contribution in [2.24, 2.45) is 5.92 Å². The number of sulfonamides is 1. The van der Waals surface area contributed by atoms with Gasteiger partial charge in [0.2, 0.25) is 10.0 Å². The zero-order valence-corrected chi connectivity index (χ0v) is 17.6. The summed E-state index contributed by atoms with van der Waals surface area (Å²) < 4.78 is 27.4. The van der Waals surface area contributed by atoms with Gasteiger partial charge in [-0.15, -0.1) is 0 Å². The molecule has 1 saturated carbocycles. The zero-order chi connectivity index (χ0) is 20.4. The molecule has 1 aliphatic carbocycles. The normalized spacial score (nSPS) is 18.5. The monoisotopic (exact) mass is 412 g/mol. The Morgan fingerprint density at radius 3 is 2.41 bits per heavy atom. The van der Waals surface area contributed by atoms with Crippen molar-refractivity contribution in [1.82, 2.24) is 9.21 Å². The predicted octanol–water partition coefficient (Wildman–Crippen LogP) is 3.91. The third kappa shape index (κ3) is 4.38. The molecular weight excluding hydrogens is 384 g/mol. The Kier molecular flexibility index (Phi) is 5.74. The molecule has 0 radical (unpaired) electrons. The van der Waals surface area contributed by atoms with E-state index in [0.29, 0.717) is 31.1 Å². The first-order valence-corrected chi connectivity index (χ1v) is 11.9. The Morgan fingerprint density at radius 2 is 1.76 bits per heavy atom. The highest BCUT2D eigenvalue weighted by Gasteiger charge is 2.35. The summed E-state index contributed by atoms with van der Waals surface area (Å²) in [5.41, 5.74) is 1.52. The molecule has 2 aromatic rings. The highest BCUT2D eigenvalue weighted by Crippen LogP contribution is 2.36. The molecule has 154 valence electrons. The van der Waals surface area contributed by atoms with Crippen LogP contribution in [0.2, 0.25) is 0 Å². The maximum Gasteiger partial charge on any atom is 0.254 e. The minimum absolute atomic E-state index is 0.105. The topological polar surface area (TPSA) is 57.7 Å². The van der Waals surface area contributed by atoms with Crippen molar-refractivity contribution in [2.75, 3.05) is 13.1 Å². The van der Waals surface area contributed by atoms with Crippen LogP contribution in [0.1, 0.15) is 48.5 Å². The van der Waals surface area contributed by atoms with Gasteiger partial charge in [-0.2, -0.15) is 4.31 Å². The smallest absolute Gasteiger partial charge is 0.254 e. The van der Waals surface area contributed by atoms with Crippen molar-refractivity contribution in [3.8, 4) is 0 Å². The number of hydrogen-bond acceptors (Lipinski definition) is 3. The lowest BCUT2D eigenvalue weighted by Gasteiger charge is -2.30. The maximum absolute atomic E-state index is 13.4. The summed E-state index contributed by atoms with van der Waals surface area (Å²) in [4.78, 5) is 15.6. The Morgan fingerprint density at radius 1 is 1.07 bits per heavy atom. The largest absolute Gasteiger partial charge is 0.331 e. The average molecular weight is 413 g/mol. The molecule has 5 nitrogen and oxygen atoms in total. The van der Waals surface area contributed by atoms with Crippen molar-refractivity contribution in [1.29, 1.82) is 0 Å². The van der Waals surface area contributed by atoms with Crippen LogP contribution in [0, 0.1) is 5.92 Å². The highest BCUT2D eigenvalue weighted by molar-refractivity contribution is 7.89. The second-order valence-electron chi connectivity index (χ2n) is 8.14. The summed E-state index contributed by atoms with van der Waals surface area (Å²) >= 11 is 0. The molecule has 2 fully saturated rings. The van der Waals surface area contributed by atoms with Crippen molar-refractivity contribution in [3.63, 3.8) is 0 Å². The van der Waals surface area contributed by atoms with Gasteiger partial charge in [-0.1, -0.05) is 36.4 Å². The van der Waals surface area contributed by atoms with Crippen molar-refractivity contribution in [2.45, 2.75) is 50.1 Å². The van der Waals surface area contributed by atoms with Crippen molar-refractivity contribution in [3.05, 3.63) is 65.7 Å². The van der Waals surface area contributed by atoms with E-state index in [1.54, 1.807) is 24.3 Å². The van der Waals surface area contributed by atoms with Gasteiger partial charge in [-0.3, -0.25) is 4.79 Å². The SMILES string of the molecule is CC(C1CC1)N(Cc1ccccc1)C(=O)c1cccc(S(=O)(=O)N2CCCC2)c1. The predicted molar refractivity (Wildman–Crippen MR) is 113 cm³/mol. The van der Waals surface area contributed by atoms with Gasteiger partial charge >= 0.3 is 0 Å². The minimum Gasteiger partial charge on any atom is -0.331 e. The number of carbonyl (C=O) groups is 1. The Hall–Kier alpha value is -2.18. The molecule has 4 rings (SSSR count). The molecular formula is C23H28N2O3S. The molecule has 1 unspecified atom stereocenters. The first kappa shape index (κ1) is 20.1. The second kappa shape index (κ2) is 8.28. The lowest BCUT2D eigenvalue weighted by atomic mass is 10.1. The van der Waals surface area contributed by atoms with Crippen molar-refractivity contribution < 1.29 is 13.2 Å². The lowest BCUT2D eigenvalue weighted by Crippen LogP contribution is -2.39. The van der Waals surface area contributed by atoms with Crippen LogP contribution in [-0.2, 0) is 16.6 Å². The molecule has 0 N–H and O–H groups in total. The standard InChI is InChI=1S/C23H28N2O3S/c1-18(20-12-13-20)25(17-19-8-3-2-4-9-19)23(26)21-10-7-11-22(16-21)29(27,28)24-14-5-6-15-24/h2-4,7-11,16,18,20H,5-6,12-15,17H2,1H3. The molecule has 1 heterocycles. The van der Waals surface area contributed by atoms with Gasteiger partial charge in [-0.05, 0) is 62.3 Å². The Bertz CT molecular complexity index is 965. The van der Waals surface area contributed by atoms with E-state index >= 15 is 0 Å². The Labute approximate surface area is 173 Å². The van der Waals surface area contributed by atoms with Gasteiger partial charge in [-0.25, -0.2) is 8.42 Å². The fourth-order valence-corrected chi connectivity index (χ4v) is 5.61. The van der Waals surface area contributed by atoms with Gasteiger partial charge in [0.25, 0.3) is 5.91 Å². The molecule has 29 heavy (non-hydrogen) atoms. The number of amides is 1. The third-order valence-corrected chi connectivity index (χ3v) is 7.93. The van der Waals surface area contributed by atoms with Crippen LogP contribution in [0.5, 0.6) is 0 Å². The average Bonchev–Trinajstić information content (AvgIpc) is 3.44. The Balaban J connectivity index is 1.62. The number of hydrogen-bond donors (Lipinski definition) is 0. The lowest BCUT2D eigenvalue weighted by molar-refractivity contribution is 0.0654.